The molecule has 2 aromatic heterocycles. The second-order valence-corrected chi connectivity index (χ2v) is 24.1. The van der Waals surface area contributed by atoms with Gasteiger partial charge >= 0.3 is 0 Å². The number of fused-ring (bicyclic) bond motifs is 3. The van der Waals surface area contributed by atoms with Gasteiger partial charge in [-0.3, -0.25) is 16.0 Å². The van der Waals surface area contributed by atoms with Crippen molar-refractivity contribution in [3.05, 3.63) is 99.7 Å². The molecule has 11 N–H and O–H groups in total. The molecule has 20 nitrogen and oxygen atoms in total. The summed E-state index contributed by atoms with van der Waals surface area (Å²) in [6.07, 6.45) is 11.5. The monoisotopic (exact) mass is 1200 g/mol. The lowest BCUT2D eigenvalue weighted by Gasteiger charge is -2.38. The number of hydrogen-bond donors (Lipinski definition) is 11. The molecule has 1 saturated heterocycles. The summed E-state index contributed by atoms with van der Waals surface area (Å²) in [5.74, 6) is 2.26. The molecule has 464 valence electrons. The molecule has 9 heterocycles. The molecule has 5 unspecified atom stereocenters. The van der Waals surface area contributed by atoms with Gasteiger partial charge < -0.3 is 66.2 Å². The van der Waals surface area contributed by atoms with Gasteiger partial charge in [-0.25, -0.2) is 23.1 Å². The first-order valence-corrected chi connectivity index (χ1v) is 31.0. The van der Waals surface area contributed by atoms with Gasteiger partial charge in [-0.2, -0.15) is 9.97 Å². The fraction of sp³-hybridized carbons (Fsp3) is 0.500. The van der Waals surface area contributed by atoms with Crippen LogP contribution in [0.1, 0.15) is 113 Å². The third-order valence-electron chi connectivity index (χ3n) is 17.1. The van der Waals surface area contributed by atoms with Gasteiger partial charge in [0.25, 0.3) is 0 Å². The average molecular weight is 1200 g/mol. The topological polar surface area (TPSA) is 230 Å². The molecule has 0 saturated carbocycles. The maximum atomic E-state index is 17.4. The Bertz CT molecular complexity index is 3460. The molecule has 7 aliphatic heterocycles. The smallest absolute Gasteiger partial charge is 0.229 e. The van der Waals surface area contributed by atoms with Crippen LogP contribution in [-0.2, 0) is 6.42 Å². The second kappa shape index (κ2) is 26.5. The number of aryl methyl sites for hydroxylation is 3. The van der Waals surface area contributed by atoms with E-state index in [9.17, 15) is 0 Å². The van der Waals surface area contributed by atoms with Crippen molar-refractivity contribution in [2.75, 3.05) is 86.2 Å². The van der Waals surface area contributed by atoms with Crippen molar-refractivity contribution in [2.45, 2.75) is 148 Å². The van der Waals surface area contributed by atoms with Crippen molar-refractivity contribution in [3.63, 3.8) is 0 Å². The van der Waals surface area contributed by atoms with Gasteiger partial charge in [0.05, 0.1) is 53.1 Å². The number of nitrogens with one attached hydrogen (secondary N) is 11. The molecule has 0 aliphatic carbocycles. The largest absolute Gasteiger partial charge is 0.493 e. The quantitative estimate of drug-likeness (QED) is 0.0442. The maximum absolute atomic E-state index is 17.4. The van der Waals surface area contributed by atoms with Gasteiger partial charge in [-0.05, 0) is 128 Å². The minimum atomic E-state index is -0.520. The third-order valence-corrected chi connectivity index (χ3v) is 17.1. The first-order chi connectivity index (χ1) is 42.2. The highest BCUT2D eigenvalue weighted by molar-refractivity contribution is 5.81. The summed E-state index contributed by atoms with van der Waals surface area (Å²) in [4.78, 5) is 18.5. The molecule has 0 spiro atoms. The van der Waals surface area contributed by atoms with E-state index in [-0.39, 0.29) is 73.1 Å². The molecular weight excluding hydrogens is 1120 g/mol. The molecule has 0 amide bonds. The Morgan fingerprint density at radius 3 is 1.64 bits per heavy atom. The number of halogens is 3. The number of benzene rings is 3. The number of anilines is 7. The van der Waals surface area contributed by atoms with E-state index in [4.69, 9.17) is 33.7 Å². The molecule has 0 radical (unpaired) electrons. The summed E-state index contributed by atoms with van der Waals surface area (Å²) in [6, 6.07) is 9.62. The predicted octanol–water partition coefficient (Wildman–Crippen LogP) is 9.30. The van der Waals surface area contributed by atoms with Crippen LogP contribution in [0.3, 0.4) is 0 Å². The molecule has 12 rings (SSSR count). The third kappa shape index (κ3) is 13.8. The standard InChI is InChI=1S/C64H82F3N15O5/c1-33-10-13-39(16-19-69-33)53-56(65)45(26-42-9-8-22-83-59(42)53)77-63-75-37(5)24-51(81-63)72-29-43-31-85-61-49(87-43)28-47(58(67)55(61)41-15-12-35(3)71-21-18-41)79-64-76-38(6)25-52(82-64)73-30-44-32-84-60-48(86-44)27-46(78-62-74-36(4)23-50(68-7)80-62)57(66)54(60)40-14-11-34(2)70-20-17-40/h16-18,23,25-28,33-35,37,43-44,51,63,69-72,75,77,81H,8-15,19-22,24,29-32H2,1-7H3,(H2,68,74,78,80)(H2,73,76,79,82)/t33-,34-,35+,37?,43?,44?,51?,63?/m0/s1. The van der Waals surface area contributed by atoms with Crippen LogP contribution in [0.25, 0.3) is 16.7 Å². The zero-order valence-corrected chi connectivity index (χ0v) is 50.7. The van der Waals surface area contributed by atoms with Crippen molar-refractivity contribution < 1.29 is 36.9 Å². The summed E-state index contributed by atoms with van der Waals surface area (Å²) in [7, 11) is 1.76. The van der Waals surface area contributed by atoms with Crippen LogP contribution in [0.4, 0.5) is 53.8 Å². The molecule has 1 fully saturated rings. The normalized spacial score (nSPS) is 24.6. The number of allylic oxidation sites excluding steroid dienone is 3. The van der Waals surface area contributed by atoms with E-state index in [0.717, 1.165) is 67.2 Å². The Labute approximate surface area is 506 Å². The zero-order chi connectivity index (χ0) is 60.3. The highest BCUT2D eigenvalue weighted by Crippen LogP contribution is 2.48. The maximum Gasteiger partial charge on any atom is 0.229 e. The molecule has 23 heteroatoms. The number of ether oxygens (including phenoxy) is 5. The van der Waals surface area contributed by atoms with E-state index in [1.54, 1.807) is 31.3 Å². The first kappa shape index (κ1) is 59.9. The molecule has 7 aliphatic rings. The van der Waals surface area contributed by atoms with Crippen LogP contribution < -0.4 is 82.2 Å². The van der Waals surface area contributed by atoms with Crippen molar-refractivity contribution in [3.8, 4) is 28.7 Å². The van der Waals surface area contributed by atoms with Crippen LogP contribution in [0.2, 0.25) is 0 Å². The molecule has 5 aromatic rings. The lowest BCUT2D eigenvalue weighted by atomic mass is 9.93. The van der Waals surface area contributed by atoms with Gasteiger partial charge in [0.2, 0.25) is 11.9 Å². The highest BCUT2D eigenvalue weighted by Gasteiger charge is 2.35. The average Bonchev–Trinajstić information content (AvgIpc) is 1.56. The van der Waals surface area contributed by atoms with Gasteiger partial charge in [0.15, 0.2) is 40.4 Å². The molecule has 3 aromatic carbocycles. The van der Waals surface area contributed by atoms with E-state index in [2.05, 4.69) is 102 Å². The lowest BCUT2D eigenvalue weighted by Crippen LogP contribution is -2.65. The minimum Gasteiger partial charge on any atom is -0.493 e. The summed E-state index contributed by atoms with van der Waals surface area (Å²) in [6.45, 7) is 15.6. The number of aromatic nitrogens is 4. The lowest BCUT2D eigenvalue weighted by molar-refractivity contribution is 0.0830. The zero-order valence-electron chi connectivity index (χ0n) is 50.7. The predicted molar refractivity (Wildman–Crippen MR) is 335 cm³/mol. The fourth-order valence-corrected chi connectivity index (χ4v) is 12.5. The van der Waals surface area contributed by atoms with Crippen molar-refractivity contribution >= 4 is 57.3 Å². The molecular formula is C64H82F3N15O5. The first-order valence-electron chi connectivity index (χ1n) is 31.0. The summed E-state index contributed by atoms with van der Waals surface area (Å²) in [5, 5.41) is 37.5. The van der Waals surface area contributed by atoms with Crippen LogP contribution >= 0.6 is 0 Å². The van der Waals surface area contributed by atoms with Gasteiger partial charge in [0.1, 0.15) is 49.1 Å². The van der Waals surface area contributed by atoms with E-state index in [0.29, 0.717) is 126 Å². The number of rotatable bonds is 16. The van der Waals surface area contributed by atoms with Crippen molar-refractivity contribution in [1.82, 2.24) is 51.8 Å². The van der Waals surface area contributed by atoms with E-state index < -0.39 is 30.1 Å². The van der Waals surface area contributed by atoms with Crippen molar-refractivity contribution in [1.29, 1.82) is 0 Å². The van der Waals surface area contributed by atoms with Gasteiger partial charge in [-0.15, -0.1) is 0 Å². The second-order valence-electron chi connectivity index (χ2n) is 24.1. The summed E-state index contributed by atoms with van der Waals surface area (Å²) < 4.78 is 83.6. The minimum absolute atomic E-state index is 0.0731. The van der Waals surface area contributed by atoms with Crippen LogP contribution in [0.5, 0.6) is 28.7 Å². The van der Waals surface area contributed by atoms with Crippen LogP contribution in [0.15, 0.2) is 48.6 Å². The molecule has 87 heavy (non-hydrogen) atoms. The summed E-state index contributed by atoms with van der Waals surface area (Å²) in [5.41, 5.74) is 6.89. The fourth-order valence-electron chi connectivity index (χ4n) is 12.5. The highest BCUT2D eigenvalue weighted by atomic mass is 19.1. The molecule has 8 atom stereocenters. The van der Waals surface area contributed by atoms with Crippen LogP contribution in [-0.4, -0.2) is 128 Å². The number of nitrogens with zero attached hydrogens (tertiary/aromatic N) is 4. The Balaban J connectivity index is 0.744. The Hall–Kier alpha value is -7.41. The summed E-state index contributed by atoms with van der Waals surface area (Å²) >= 11 is 0. The van der Waals surface area contributed by atoms with E-state index in [1.807, 2.05) is 32.1 Å². The van der Waals surface area contributed by atoms with E-state index in [1.165, 1.54) is 0 Å². The van der Waals surface area contributed by atoms with Gasteiger partial charge in [-0.1, -0.05) is 18.2 Å². The van der Waals surface area contributed by atoms with Gasteiger partial charge in [0, 0.05) is 93.0 Å². The van der Waals surface area contributed by atoms with Crippen LogP contribution in [0, 0.1) is 31.3 Å². The van der Waals surface area contributed by atoms with Crippen molar-refractivity contribution in [2.24, 2.45) is 0 Å². The Morgan fingerprint density at radius 1 is 0.563 bits per heavy atom. The molecule has 0 bridgehead atoms. The number of hydrogen-bond acceptors (Lipinski definition) is 20. The van der Waals surface area contributed by atoms with E-state index >= 15 is 13.2 Å². The Kier molecular flexibility index (Phi) is 18.3. The SMILES string of the molecule is CNc1cc(C)nc(Nc2cc3c(c(C4=CCN[C@@H](C)CC4)c2F)OCC(CNc2cc(C)nc(Nc4cc5c(c(C6=CCN[C@H](C)CC6)c4F)OCC(CNC4CC(C)NC(Nc6cc7c(c(C8=CCN[C@@H](C)CC8)c6F)OCCC7)N4)O5)n2)O3)n1. The Morgan fingerprint density at radius 2 is 1.08 bits per heavy atom.